The molecule has 3 fully saturated rings. The van der Waals surface area contributed by atoms with Crippen molar-refractivity contribution in [2.24, 2.45) is 0 Å². The highest BCUT2D eigenvalue weighted by molar-refractivity contribution is 5.77. The van der Waals surface area contributed by atoms with Gasteiger partial charge in [0.15, 0.2) is 12.6 Å². The van der Waals surface area contributed by atoms with Crippen LogP contribution in [0.5, 0.6) is 0 Å². The number of amides is 2. The lowest BCUT2D eigenvalue weighted by Crippen LogP contribution is -2.70. The van der Waals surface area contributed by atoms with Crippen molar-refractivity contribution in [2.45, 2.75) is 304 Å². The first-order valence-corrected chi connectivity index (χ1v) is 30.1. The molecule has 23 heteroatoms. The summed E-state index contributed by atoms with van der Waals surface area (Å²) in [7, 11) is 0. The summed E-state index contributed by atoms with van der Waals surface area (Å²) in [4.78, 5) is 38.3. The van der Waals surface area contributed by atoms with Crippen molar-refractivity contribution in [2.75, 3.05) is 26.4 Å². The Labute approximate surface area is 473 Å². The van der Waals surface area contributed by atoms with E-state index >= 15 is 0 Å². The Balaban J connectivity index is 1.68. The Bertz CT molecular complexity index is 1700. The van der Waals surface area contributed by atoms with Crippen molar-refractivity contribution in [3.63, 3.8) is 0 Å². The number of aliphatic hydroxyl groups is 11. The van der Waals surface area contributed by atoms with Gasteiger partial charge in [-0.25, -0.2) is 4.79 Å². The standard InChI is InChI=1S/C57H104N2O21/c1-4-6-8-10-12-14-16-17-18-19-21-22-24-26-28-30-39(64)38(59-44(67)31-29-27-25-23-20-15-13-11-9-7-5-2)36-75-54-49(71)48(70)51(43(35-62)77-54)78-55-50(72)53(47(69)42(34-61)76-55)80-57(56(73)74)32-40(65)45(58-37(3)63)52(79-57)46(68)41(66)33-60/h28,30,38-43,45-55,60-62,64-66,68-72H,4-27,29,31-36H2,1-3H3,(H,58,63)(H,59,67)(H,73,74)/b30-28+. The summed E-state index contributed by atoms with van der Waals surface area (Å²) in [6.45, 7) is 2.08. The number of carboxylic acids is 1. The number of ether oxygens (including phenoxy) is 6. The van der Waals surface area contributed by atoms with Crippen LogP contribution in [0.4, 0.5) is 0 Å². The number of carbonyl (C=O) groups is 3. The van der Waals surface area contributed by atoms with Gasteiger partial charge in [-0.2, -0.15) is 0 Å². The number of allylic oxidation sites excluding steroid dienone is 1. The van der Waals surface area contributed by atoms with E-state index in [0.717, 1.165) is 51.9 Å². The van der Waals surface area contributed by atoms with E-state index in [2.05, 4.69) is 24.5 Å². The molecular formula is C57H104N2O21. The van der Waals surface area contributed by atoms with E-state index in [9.17, 15) is 75.7 Å². The second kappa shape index (κ2) is 39.9. The first kappa shape index (κ1) is 71.7. The fraction of sp³-hybridized carbons (Fsp3) is 0.912. The van der Waals surface area contributed by atoms with Crippen LogP contribution < -0.4 is 10.6 Å². The number of carbonyl (C=O) groups excluding carboxylic acids is 2. The predicted octanol–water partition coefficient (Wildman–Crippen LogP) is 2.39. The molecule has 18 atom stereocenters. The summed E-state index contributed by atoms with van der Waals surface area (Å²) >= 11 is 0. The molecule has 2 amide bonds. The second-order valence-electron chi connectivity index (χ2n) is 22.2. The lowest BCUT2D eigenvalue weighted by Gasteiger charge is -2.50. The molecule has 23 nitrogen and oxygen atoms in total. The second-order valence-corrected chi connectivity index (χ2v) is 22.2. The van der Waals surface area contributed by atoms with Crippen LogP contribution in [-0.2, 0) is 42.8 Å². The van der Waals surface area contributed by atoms with E-state index in [1.54, 1.807) is 6.08 Å². The predicted molar refractivity (Wildman–Crippen MR) is 292 cm³/mol. The number of aliphatic carboxylic acids is 1. The van der Waals surface area contributed by atoms with E-state index < -0.39 is 155 Å². The molecule has 3 saturated heterocycles. The van der Waals surface area contributed by atoms with Crippen molar-refractivity contribution in [3.05, 3.63) is 12.2 Å². The van der Waals surface area contributed by atoms with Crippen molar-refractivity contribution < 1.29 is 104 Å². The summed E-state index contributed by atoms with van der Waals surface area (Å²) in [5.74, 6) is -6.14. The minimum Gasteiger partial charge on any atom is -0.477 e. The zero-order valence-electron chi connectivity index (χ0n) is 47.9. The molecule has 0 aromatic carbocycles. The molecule has 0 spiro atoms. The third-order valence-corrected chi connectivity index (χ3v) is 15.5. The van der Waals surface area contributed by atoms with E-state index in [4.69, 9.17) is 28.4 Å². The van der Waals surface area contributed by atoms with Crippen molar-refractivity contribution in [1.29, 1.82) is 0 Å². The molecular weight excluding hydrogens is 1050 g/mol. The molecule has 0 aromatic heterocycles. The molecule has 0 saturated carbocycles. The Kier molecular flexibility index (Phi) is 35.8. The van der Waals surface area contributed by atoms with Crippen molar-refractivity contribution in [3.8, 4) is 0 Å². The Morgan fingerprint density at radius 2 is 1.16 bits per heavy atom. The number of carboxylic acid groups (broad SMARTS) is 1. The highest BCUT2D eigenvalue weighted by Crippen LogP contribution is 2.38. The third-order valence-electron chi connectivity index (χ3n) is 15.5. The number of aliphatic hydroxyl groups excluding tert-OH is 11. The van der Waals surface area contributed by atoms with Gasteiger partial charge in [-0.3, -0.25) is 9.59 Å². The van der Waals surface area contributed by atoms with Gasteiger partial charge in [0.25, 0.3) is 5.79 Å². The monoisotopic (exact) mass is 1150 g/mol. The molecule has 0 bridgehead atoms. The lowest BCUT2D eigenvalue weighted by atomic mass is 9.88. The Morgan fingerprint density at radius 1 is 0.650 bits per heavy atom. The van der Waals surface area contributed by atoms with Crippen LogP contribution in [0.15, 0.2) is 12.2 Å². The molecule has 14 N–H and O–H groups in total. The lowest BCUT2D eigenvalue weighted by molar-refractivity contribution is -0.386. The first-order valence-electron chi connectivity index (χ1n) is 30.1. The molecule has 0 radical (unpaired) electrons. The maximum absolute atomic E-state index is 13.3. The quantitative estimate of drug-likeness (QED) is 0.0308. The molecule has 3 aliphatic heterocycles. The molecule has 468 valence electrons. The molecule has 3 aliphatic rings. The van der Waals surface area contributed by atoms with Crippen LogP contribution in [0.1, 0.15) is 194 Å². The van der Waals surface area contributed by atoms with Gasteiger partial charge in [-0.05, 0) is 19.3 Å². The minimum absolute atomic E-state index is 0.203. The largest absolute Gasteiger partial charge is 0.477 e. The maximum Gasteiger partial charge on any atom is 0.364 e. The number of nitrogens with one attached hydrogen (secondary N) is 2. The maximum atomic E-state index is 13.3. The molecule has 3 rings (SSSR count). The van der Waals surface area contributed by atoms with Crippen LogP contribution in [0.2, 0.25) is 0 Å². The average Bonchev–Trinajstić information content (AvgIpc) is 3.55. The fourth-order valence-electron chi connectivity index (χ4n) is 10.6. The average molecular weight is 1150 g/mol. The summed E-state index contributed by atoms with van der Waals surface area (Å²) in [6, 6.07) is -2.61. The third kappa shape index (κ3) is 24.2. The normalized spacial score (nSPS) is 30.7. The molecule has 18 unspecified atom stereocenters. The highest BCUT2D eigenvalue weighted by Gasteiger charge is 2.60. The van der Waals surface area contributed by atoms with Crippen molar-refractivity contribution >= 4 is 17.8 Å². The number of rotatable bonds is 43. The smallest absolute Gasteiger partial charge is 0.364 e. The Hall–Kier alpha value is -2.53. The van der Waals surface area contributed by atoms with Crippen LogP contribution in [-0.4, -0.2) is 215 Å². The van der Waals surface area contributed by atoms with Gasteiger partial charge in [-0.15, -0.1) is 0 Å². The van der Waals surface area contributed by atoms with Gasteiger partial charge in [0.2, 0.25) is 11.8 Å². The van der Waals surface area contributed by atoms with Gasteiger partial charge in [0.05, 0.1) is 50.7 Å². The number of hydrogen-bond donors (Lipinski definition) is 14. The fourth-order valence-corrected chi connectivity index (χ4v) is 10.6. The first-order chi connectivity index (χ1) is 38.4. The van der Waals surface area contributed by atoms with E-state index in [1.165, 1.54) is 103 Å². The summed E-state index contributed by atoms with van der Waals surface area (Å²) < 4.78 is 34.6. The molecule has 80 heavy (non-hydrogen) atoms. The van der Waals surface area contributed by atoms with Crippen LogP contribution >= 0.6 is 0 Å². The topological polar surface area (TPSA) is 373 Å². The van der Waals surface area contributed by atoms with Gasteiger partial charge in [0.1, 0.15) is 67.1 Å². The Morgan fingerprint density at radius 3 is 1.66 bits per heavy atom. The summed E-state index contributed by atoms with van der Waals surface area (Å²) in [6.07, 6.45) is 2.88. The minimum atomic E-state index is -3.08. The summed E-state index contributed by atoms with van der Waals surface area (Å²) in [5, 5.41) is 135. The van der Waals surface area contributed by atoms with Crippen molar-refractivity contribution in [1.82, 2.24) is 10.6 Å². The molecule has 0 aliphatic carbocycles. The van der Waals surface area contributed by atoms with E-state index in [0.29, 0.717) is 12.8 Å². The van der Waals surface area contributed by atoms with Crippen LogP contribution in [0.3, 0.4) is 0 Å². The van der Waals surface area contributed by atoms with Gasteiger partial charge < -0.3 is 100 Å². The number of unbranched alkanes of at least 4 members (excludes halogenated alkanes) is 23. The summed E-state index contributed by atoms with van der Waals surface area (Å²) in [5.41, 5.74) is 0. The molecule has 0 aromatic rings. The van der Waals surface area contributed by atoms with Crippen LogP contribution in [0.25, 0.3) is 0 Å². The van der Waals surface area contributed by atoms with Crippen LogP contribution in [0, 0.1) is 0 Å². The SMILES string of the molecule is CCCCCCCCCCCCCCC/C=C/C(O)C(COC1OC(CO)C(OC2OC(CO)C(O)C(OC3(C(=O)O)CC(O)C(NC(C)=O)C(C(O)C(O)CO)O3)C2O)C(O)C1O)NC(=O)CCCCCCCCCCCCC. The van der Waals surface area contributed by atoms with E-state index in [1.807, 2.05) is 6.08 Å². The van der Waals surface area contributed by atoms with E-state index in [-0.39, 0.29) is 12.3 Å². The van der Waals surface area contributed by atoms with Gasteiger partial charge >= 0.3 is 5.97 Å². The van der Waals surface area contributed by atoms with Gasteiger partial charge in [0, 0.05) is 19.8 Å². The number of hydrogen-bond acceptors (Lipinski definition) is 20. The zero-order valence-corrected chi connectivity index (χ0v) is 47.9. The molecule has 3 heterocycles. The van der Waals surface area contributed by atoms with Gasteiger partial charge in [-0.1, -0.05) is 167 Å². The highest BCUT2D eigenvalue weighted by atomic mass is 16.8. The zero-order chi connectivity index (χ0) is 59.0.